The van der Waals surface area contributed by atoms with E-state index in [0.717, 1.165) is 19.4 Å². The Bertz CT molecular complexity index is 200. The second kappa shape index (κ2) is 3.74. The Morgan fingerprint density at radius 1 is 1.21 bits per heavy atom. The summed E-state index contributed by atoms with van der Waals surface area (Å²) in [5.41, 5.74) is 5.04. The largest absolute Gasteiger partial charge is 0.325 e. The Hall–Kier alpha value is -0.220. The van der Waals surface area contributed by atoms with Crippen molar-refractivity contribution in [2.45, 2.75) is 37.6 Å². The molecule has 2 fully saturated rings. The standard InChI is InChI=1S/C10H18F2N2/c11-10(12,6-13)7-14(9-3-4-9)5-8-1-2-8/h8-9H,1-7,13H2. The van der Waals surface area contributed by atoms with Gasteiger partial charge in [-0.05, 0) is 31.6 Å². The monoisotopic (exact) mass is 204 g/mol. The van der Waals surface area contributed by atoms with Crippen molar-refractivity contribution >= 4 is 0 Å². The maximum absolute atomic E-state index is 13.1. The number of hydrogen-bond acceptors (Lipinski definition) is 2. The first kappa shape index (κ1) is 10.3. The number of rotatable bonds is 6. The van der Waals surface area contributed by atoms with E-state index >= 15 is 0 Å². The quantitative estimate of drug-likeness (QED) is 0.709. The molecule has 0 aromatic carbocycles. The van der Waals surface area contributed by atoms with Crippen LogP contribution in [0, 0.1) is 5.92 Å². The van der Waals surface area contributed by atoms with Crippen LogP contribution in [0.2, 0.25) is 0 Å². The summed E-state index contributed by atoms with van der Waals surface area (Å²) in [4.78, 5) is 1.95. The highest BCUT2D eigenvalue weighted by molar-refractivity contribution is 4.90. The number of hydrogen-bond donors (Lipinski definition) is 1. The van der Waals surface area contributed by atoms with Crippen molar-refractivity contribution in [3.8, 4) is 0 Å². The summed E-state index contributed by atoms with van der Waals surface area (Å²) in [5.74, 6) is -2.01. The molecular formula is C10H18F2N2. The molecule has 0 heterocycles. The summed E-state index contributed by atoms with van der Waals surface area (Å²) < 4.78 is 26.2. The molecule has 0 aromatic rings. The maximum atomic E-state index is 13.1. The number of alkyl halides is 2. The molecular weight excluding hydrogens is 186 g/mol. The van der Waals surface area contributed by atoms with E-state index in [2.05, 4.69) is 0 Å². The van der Waals surface area contributed by atoms with E-state index in [4.69, 9.17) is 5.73 Å². The highest BCUT2D eigenvalue weighted by atomic mass is 19.3. The lowest BCUT2D eigenvalue weighted by molar-refractivity contribution is -0.0267. The number of nitrogens with two attached hydrogens (primary N) is 1. The van der Waals surface area contributed by atoms with E-state index in [0.29, 0.717) is 12.0 Å². The van der Waals surface area contributed by atoms with Gasteiger partial charge in [0.2, 0.25) is 0 Å². The lowest BCUT2D eigenvalue weighted by Crippen LogP contribution is -2.43. The third-order valence-electron chi connectivity index (χ3n) is 2.99. The summed E-state index contributed by atoms with van der Waals surface area (Å²) in [6.45, 7) is 0.200. The Balaban J connectivity index is 1.82. The molecule has 0 bridgehead atoms. The minimum absolute atomic E-state index is 0.134. The Morgan fingerprint density at radius 2 is 1.86 bits per heavy atom. The van der Waals surface area contributed by atoms with E-state index in [1.807, 2.05) is 4.90 Å². The van der Waals surface area contributed by atoms with Gasteiger partial charge in [-0.15, -0.1) is 0 Å². The minimum atomic E-state index is -2.70. The van der Waals surface area contributed by atoms with E-state index in [1.54, 1.807) is 0 Å². The van der Waals surface area contributed by atoms with Crippen molar-refractivity contribution in [1.82, 2.24) is 4.90 Å². The molecule has 4 heteroatoms. The lowest BCUT2D eigenvalue weighted by atomic mass is 10.2. The molecule has 2 rings (SSSR count). The van der Waals surface area contributed by atoms with Crippen molar-refractivity contribution < 1.29 is 8.78 Å². The Kier molecular flexibility index (Phi) is 2.75. The van der Waals surface area contributed by atoms with E-state index in [1.165, 1.54) is 12.8 Å². The lowest BCUT2D eigenvalue weighted by Gasteiger charge is -2.26. The molecule has 2 N–H and O–H groups in total. The molecule has 0 unspecified atom stereocenters. The summed E-state index contributed by atoms with van der Waals surface area (Å²) in [6, 6.07) is 0.424. The van der Waals surface area contributed by atoms with Crippen LogP contribution >= 0.6 is 0 Å². The van der Waals surface area contributed by atoms with Crippen molar-refractivity contribution in [3.05, 3.63) is 0 Å². The summed E-state index contributed by atoms with van der Waals surface area (Å²) >= 11 is 0. The Labute approximate surface area is 83.4 Å². The first-order valence-electron chi connectivity index (χ1n) is 5.43. The first-order valence-corrected chi connectivity index (χ1v) is 5.43. The second-order valence-corrected chi connectivity index (χ2v) is 4.66. The molecule has 14 heavy (non-hydrogen) atoms. The third kappa shape index (κ3) is 2.89. The normalized spacial score (nSPS) is 23.1. The molecule has 82 valence electrons. The highest BCUT2D eigenvalue weighted by Gasteiger charge is 2.39. The van der Waals surface area contributed by atoms with Gasteiger partial charge in [-0.1, -0.05) is 0 Å². The van der Waals surface area contributed by atoms with Crippen LogP contribution < -0.4 is 5.73 Å². The average Bonchev–Trinajstić information content (AvgIpc) is 2.97. The maximum Gasteiger partial charge on any atom is 0.272 e. The van der Waals surface area contributed by atoms with Crippen molar-refractivity contribution in [1.29, 1.82) is 0 Å². The fourth-order valence-electron chi connectivity index (χ4n) is 1.78. The second-order valence-electron chi connectivity index (χ2n) is 4.66. The zero-order valence-corrected chi connectivity index (χ0v) is 8.38. The highest BCUT2D eigenvalue weighted by Crippen LogP contribution is 2.35. The fraction of sp³-hybridized carbons (Fsp3) is 1.00. The summed E-state index contributed by atoms with van der Waals surface area (Å²) in [6.07, 6.45) is 4.62. The molecule has 2 aliphatic rings. The van der Waals surface area contributed by atoms with Crippen LogP contribution in [0.4, 0.5) is 8.78 Å². The summed E-state index contributed by atoms with van der Waals surface area (Å²) in [7, 11) is 0. The number of halogens is 2. The van der Waals surface area contributed by atoms with Crippen molar-refractivity contribution in [3.63, 3.8) is 0 Å². The molecule has 0 aromatic heterocycles. The molecule has 2 nitrogen and oxygen atoms in total. The van der Waals surface area contributed by atoms with Crippen molar-refractivity contribution in [2.24, 2.45) is 11.7 Å². The SMILES string of the molecule is NCC(F)(F)CN(CC1CC1)C1CC1. The molecule has 0 aliphatic heterocycles. The van der Waals surface area contributed by atoms with E-state index < -0.39 is 12.5 Å². The zero-order valence-electron chi connectivity index (χ0n) is 8.38. The van der Waals surface area contributed by atoms with Crippen LogP contribution in [0.1, 0.15) is 25.7 Å². The minimum Gasteiger partial charge on any atom is -0.325 e. The third-order valence-corrected chi connectivity index (χ3v) is 2.99. The fourth-order valence-corrected chi connectivity index (χ4v) is 1.78. The van der Waals surface area contributed by atoms with Crippen molar-refractivity contribution in [2.75, 3.05) is 19.6 Å². The van der Waals surface area contributed by atoms with Crippen LogP contribution in [0.15, 0.2) is 0 Å². The average molecular weight is 204 g/mol. The van der Waals surface area contributed by atoms with Gasteiger partial charge >= 0.3 is 0 Å². The Morgan fingerprint density at radius 3 is 2.29 bits per heavy atom. The van der Waals surface area contributed by atoms with Gasteiger partial charge in [0.1, 0.15) is 0 Å². The van der Waals surface area contributed by atoms with Crippen LogP contribution in [-0.4, -0.2) is 36.5 Å². The van der Waals surface area contributed by atoms with E-state index in [-0.39, 0.29) is 6.54 Å². The van der Waals surface area contributed by atoms with Crippen LogP contribution in [0.3, 0.4) is 0 Å². The molecule has 0 amide bonds. The van der Waals surface area contributed by atoms with Gasteiger partial charge in [0.15, 0.2) is 0 Å². The van der Waals surface area contributed by atoms with Gasteiger partial charge in [-0.25, -0.2) is 8.78 Å². The van der Waals surface area contributed by atoms with Crippen LogP contribution in [0.25, 0.3) is 0 Å². The molecule has 2 saturated carbocycles. The van der Waals surface area contributed by atoms with Gasteiger partial charge < -0.3 is 5.73 Å². The van der Waals surface area contributed by atoms with E-state index in [9.17, 15) is 8.78 Å². The predicted octanol–water partition coefficient (Wildman–Crippen LogP) is 1.45. The van der Waals surface area contributed by atoms with Crippen LogP contribution in [0.5, 0.6) is 0 Å². The zero-order chi connectivity index (χ0) is 10.2. The van der Waals surface area contributed by atoms with Gasteiger partial charge in [0, 0.05) is 12.6 Å². The molecule has 0 spiro atoms. The molecule has 0 radical (unpaired) electrons. The predicted molar refractivity (Wildman–Crippen MR) is 51.3 cm³/mol. The van der Waals surface area contributed by atoms with Gasteiger partial charge in [0.05, 0.1) is 13.1 Å². The smallest absolute Gasteiger partial charge is 0.272 e. The topological polar surface area (TPSA) is 29.3 Å². The van der Waals surface area contributed by atoms with Gasteiger partial charge in [-0.3, -0.25) is 4.90 Å². The molecule has 2 aliphatic carbocycles. The summed E-state index contributed by atoms with van der Waals surface area (Å²) in [5, 5.41) is 0. The van der Waals surface area contributed by atoms with Gasteiger partial charge in [-0.2, -0.15) is 0 Å². The molecule has 0 atom stereocenters. The molecule has 0 saturated heterocycles. The van der Waals surface area contributed by atoms with Gasteiger partial charge in [0.25, 0.3) is 5.92 Å². The first-order chi connectivity index (χ1) is 6.61. The van der Waals surface area contributed by atoms with Crippen LogP contribution in [-0.2, 0) is 0 Å². The number of nitrogens with zero attached hydrogens (tertiary/aromatic N) is 1.